The molecule has 21 heavy (non-hydrogen) atoms. The highest BCUT2D eigenvalue weighted by atomic mass is 35.5. The van der Waals surface area contributed by atoms with Gasteiger partial charge in [-0.15, -0.1) is 0 Å². The van der Waals surface area contributed by atoms with E-state index >= 15 is 0 Å². The monoisotopic (exact) mass is 344 g/mol. The number of halogens is 2. The van der Waals surface area contributed by atoms with E-state index in [0.717, 1.165) is 0 Å². The fraction of sp³-hybridized carbons (Fsp3) is 0.286. The van der Waals surface area contributed by atoms with E-state index in [9.17, 15) is 4.79 Å². The molecule has 0 spiro atoms. The molecule has 0 fully saturated rings. The standard InChI is InChI=1S/C14H14Cl2N2O2S/c1-3-20-13(19)10-7(2)17-14(21)18-12(10)11-8(15)5-4-6-9(11)16/h4-6,12H,3H2,1-2H3,(H2,17,18,21)/t12-/m0/s1. The largest absolute Gasteiger partial charge is 0.463 e. The summed E-state index contributed by atoms with van der Waals surface area (Å²) in [7, 11) is 0. The predicted molar refractivity (Wildman–Crippen MR) is 87.4 cm³/mol. The van der Waals surface area contributed by atoms with Crippen molar-refractivity contribution in [1.82, 2.24) is 10.6 Å². The lowest BCUT2D eigenvalue weighted by molar-refractivity contribution is -0.139. The maximum Gasteiger partial charge on any atom is 0.338 e. The van der Waals surface area contributed by atoms with E-state index in [2.05, 4.69) is 10.6 Å². The topological polar surface area (TPSA) is 50.4 Å². The first-order valence-electron chi connectivity index (χ1n) is 6.35. The quantitative estimate of drug-likeness (QED) is 0.650. The van der Waals surface area contributed by atoms with Crippen LogP contribution >= 0.6 is 35.4 Å². The number of carbonyl (C=O) groups is 1. The average Bonchev–Trinajstić information content (AvgIpc) is 2.37. The number of allylic oxidation sites excluding steroid dienone is 1. The molecule has 1 aliphatic heterocycles. The van der Waals surface area contributed by atoms with Crippen molar-refractivity contribution in [1.29, 1.82) is 0 Å². The minimum Gasteiger partial charge on any atom is -0.463 e. The second-order valence-corrected chi connectivity index (χ2v) is 5.65. The Kier molecular flexibility index (Phi) is 5.08. The van der Waals surface area contributed by atoms with E-state index in [4.69, 9.17) is 40.2 Å². The van der Waals surface area contributed by atoms with Gasteiger partial charge in [-0.3, -0.25) is 0 Å². The fourth-order valence-corrected chi connectivity index (χ4v) is 3.06. The highest BCUT2D eigenvalue weighted by molar-refractivity contribution is 7.80. The predicted octanol–water partition coefficient (Wildman–Crippen LogP) is 3.35. The summed E-state index contributed by atoms with van der Waals surface area (Å²) in [5.41, 5.74) is 1.64. The van der Waals surface area contributed by atoms with Gasteiger partial charge in [0.1, 0.15) is 0 Å². The summed E-state index contributed by atoms with van der Waals surface area (Å²) in [5, 5.41) is 7.27. The third-order valence-electron chi connectivity index (χ3n) is 3.05. The van der Waals surface area contributed by atoms with Crippen molar-refractivity contribution >= 4 is 46.5 Å². The Balaban J connectivity index is 2.55. The molecule has 0 bridgehead atoms. The van der Waals surface area contributed by atoms with Gasteiger partial charge in [0.15, 0.2) is 5.11 Å². The third kappa shape index (κ3) is 3.31. The van der Waals surface area contributed by atoms with E-state index in [-0.39, 0.29) is 6.61 Å². The molecule has 0 saturated heterocycles. The number of ether oxygens (including phenoxy) is 1. The van der Waals surface area contributed by atoms with Crippen LogP contribution in [0, 0.1) is 0 Å². The molecule has 0 unspecified atom stereocenters. The second kappa shape index (κ2) is 6.64. The molecule has 2 N–H and O–H groups in total. The number of hydrogen-bond acceptors (Lipinski definition) is 3. The van der Waals surface area contributed by atoms with Crippen LogP contribution in [0.2, 0.25) is 10.0 Å². The molecular weight excluding hydrogens is 331 g/mol. The molecule has 0 radical (unpaired) electrons. The number of carbonyl (C=O) groups excluding carboxylic acids is 1. The summed E-state index contributed by atoms with van der Waals surface area (Å²) in [6.45, 7) is 3.79. The van der Waals surface area contributed by atoms with Crippen LogP contribution in [0.15, 0.2) is 29.5 Å². The molecule has 1 aromatic carbocycles. The molecule has 1 atom stereocenters. The molecule has 0 aliphatic carbocycles. The number of hydrogen-bond donors (Lipinski definition) is 2. The summed E-state index contributed by atoms with van der Waals surface area (Å²) >= 11 is 17.6. The number of benzene rings is 1. The number of esters is 1. The Hall–Kier alpha value is -1.30. The van der Waals surface area contributed by atoms with Gasteiger partial charge < -0.3 is 15.4 Å². The molecule has 1 aromatic rings. The Bertz CT molecular complexity index is 611. The number of nitrogens with one attached hydrogen (secondary N) is 2. The van der Waals surface area contributed by atoms with Gasteiger partial charge in [0.05, 0.1) is 18.2 Å². The summed E-state index contributed by atoms with van der Waals surface area (Å²) in [5.74, 6) is -0.432. The van der Waals surface area contributed by atoms with Crippen LogP contribution in [0.25, 0.3) is 0 Å². The minimum atomic E-state index is -0.543. The van der Waals surface area contributed by atoms with Crippen LogP contribution in [0.5, 0.6) is 0 Å². The zero-order valence-corrected chi connectivity index (χ0v) is 13.8. The summed E-state index contributed by atoms with van der Waals surface area (Å²) in [4.78, 5) is 12.2. The van der Waals surface area contributed by atoms with E-state index in [1.807, 2.05) is 0 Å². The summed E-state index contributed by atoms with van der Waals surface area (Å²) < 4.78 is 5.11. The smallest absolute Gasteiger partial charge is 0.338 e. The maximum absolute atomic E-state index is 12.2. The Labute approximate surface area is 138 Å². The highest BCUT2D eigenvalue weighted by Crippen LogP contribution is 2.36. The molecular formula is C14H14Cl2N2O2S. The zero-order valence-electron chi connectivity index (χ0n) is 11.5. The van der Waals surface area contributed by atoms with E-state index in [1.165, 1.54) is 0 Å². The lowest BCUT2D eigenvalue weighted by atomic mass is 9.95. The van der Waals surface area contributed by atoms with Crippen LogP contribution in [0.1, 0.15) is 25.5 Å². The number of rotatable bonds is 3. The molecule has 1 heterocycles. The lowest BCUT2D eigenvalue weighted by Gasteiger charge is -2.30. The van der Waals surface area contributed by atoms with Crippen LogP contribution < -0.4 is 10.6 Å². The normalized spacial score (nSPS) is 18.1. The van der Waals surface area contributed by atoms with Gasteiger partial charge in [-0.05, 0) is 38.2 Å². The average molecular weight is 345 g/mol. The van der Waals surface area contributed by atoms with Crippen molar-refractivity contribution in [3.8, 4) is 0 Å². The van der Waals surface area contributed by atoms with Crippen LogP contribution in [-0.2, 0) is 9.53 Å². The SMILES string of the molecule is CCOC(=O)C1=C(C)NC(=S)N[C@@H]1c1c(Cl)cccc1Cl. The van der Waals surface area contributed by atoms with Gasteiger partial charge in [0.25, 0.3) is 0 Å². The van der Waals surface area contributed by atoms with Crippen molar-refractivity contribution in [2.45, 2.75) is 19.9 Å². The van der Waals surface area contributed by atoms with Gasteiger partial charge in [0, 0.05) is 21.3 Å². The van der Waals surface area contributed by atoms with Crippen molar-refractivity contribution in [2.24, 2.45) is 0 Å². The second-order valence-electron chi connectivity index (χ2n) is 4.43. The first kappa shape index (κ1) is 16.1. The molecule has 0 amide bonds. The van der Waals surface area contributed by atoms with Crippen molar-refractivity contribution in [3.63, 3.8) is 0 Å². The minimum absolute atomic E-state index is 0.281. The van der Waals surface area contributed by atoms with Crippen LogP contribution in [0.3, 0.4) is 0 Å². The summed E-state index contributed by atoms with van der Waals surface area (Å²) in [6, 6.07) is 4.63. The van der Waals surface area contributed by atoms with Crippen molar-refractivity contribution < 1.29 is 9.53 Å². The zero-order chi connectivity index (χ0) is 15.6. The van der Waals surface area contributed by atoms with Gasteiger partial charge in [-0.1, -0.05) is 29.3 Å². The molecule has 2 rings (SSSR count). The third-order valence-corrected chi connectivity index (χ3v) is 3.93. The van der Waals surface area contributed by atoms with Crippen LogP contribution in [0.4, 0.5) is 0 Å². The molecule has 7 heteroatoms. The maximum atomic E-state index is 12.2. The van der Waals surface area contributed by atoms with Gasteiger partial charge in [0.2, 0.25) is 0 Å². The highest BCUT2D eigenvalue weighted by Gasteiger charge is 2.33. The molecule has 1 aliphatic rings. The van der Waals surface area contributed by atoms with E-state index in [0.29, 0.717) is 32.0 Å². The van der Waals surface area contributed by atoms with Gasteiger partial charge >= 0.3 is 5.97 Å². The molecule has 112 valence electrons. The Morgan fingerprint density at radius 2 is 2.00 bits per heavy atom. The Morgan fingerprint density at radius 1 is 1.38 bits per heavy atom. The fourth-order valence-electron chi connectivity index (χ4n) is 2.18. The molecule has 0 saturated carbocycles. The van der Waals surface area contributed by atoms with Crippen molar-refractivity contribution in [2.75, 3.05) is 6.61 Å². The molecule has 0 aromatic heterocycles. The Morgan fingerprint density at radius 3 is 2.57 bits per heavy atom. The lowest BCUT2D eigenvalue weighted by Crippen LogP contribution is -2.45. The molecule has 4 nitrogen and oxygen atoms in total. The first-order valence-corrected chi connectivity index (χ1v) is 7.51. The van der Waals surface area contributed by atoms with E-state index < -0.39 is 12.0 Å². The number of thiocarbonyl (C=S) groups is 1. The first-order chi connectivity index (χ1) is 9.95. The summed E-state index contributed by atoms with van der Waals surface area (Å²) in [6.07, 6.45) is 0. The van der Waals surface area contributed by atoms with Crippen molar-refractivity contribution in [3.05, 3.63) is 45.1 Å². The van der Waals surface area contributed by atoms with Gasteiger partial charge in [-0.2, -0.15) is 0 Å². The van der Waals surface area contributed by atoms with Crippen LogP contribution in [-0.4, -0.2) is 17.7 Å². The van der Waals surface area contributed by atoms with E-state index in [1.54, 1.807) is 32.0 Å². The van der Waals surface area contributed by atoms with Gasteiger partial charge in [-0.25, -0.2) is 4.79 Å².